The number of benzene rings is 1. The van der Waals surface area contributed by atoms with Crippen molar-refractivity contribution in [1.82, 2.24) is 14.9 Å². The summed E-state index contributed by atoms with van der Waals surface area (Å²) in [5.74, 6) is 0.890. The summed E-state index contributed by atoms with van der Waals surface area (Å²) in [5, 5.41) is 2.85. The summed E-state index contributed by atoms with van der Waals surface area (Å²) >= 11 is 0. The second-order valence-electron chi connectivity index (χ2n) is 3.75. The van der Waals surface area contributed by atoms with Gasteiger partial charge in [0.05, 0.1) is 0 Å². The normalized spacial score (nSPS) is 10.2. The molecule has 0 atom stereocenters. The van der Waals surface area contributed by atoms with Crippen LogP contribution in [-0.2, 0) is 13.5 Å². The smallest absolute Gasteiger partial charge is 0.251 e. The lowest BCUT2D eigenvalue weighted by Gasteiger charge is -2.05. The topological polar surface area (TPSA) is 46.9 Å². The first kappa shape index (κ1) is 11.4. The molecule has 0 spiro atoms. The van der Waals surface area contributed by atoms with E-state index in [4.69, 9.17) is 0 Å². The van der Waals surface area contributed by atoms with Gasteiger partial charge in [-0.05, 0) is 18.2 Å². The van der Waals surface area contributed by atoms with Gasteiger partial charge in [-0.2, -0.15) is 0 Å². The van der Waals surface area contributed by atoms with Gasteiger partial charge in [0.2, 0.25) is 0 Å². The summed E-state index contributed by atoms with van der Waals surface area (Å²) in [5.41, 5.74) is 0.632. The third-order valence-corrected chi connectivity index (χ3v) is 2.52. The summed E-state index contributed by atoms with van der Waals surface area (Å²) in [4.78, 5) is 15.9. The summed E-state index contributed by atoms with van der Waals surface area (Å²) in [6.45, 7) is 0.582. The Morgan fingerprint density at radius 1 is 1.59 bits per heavy atom. The molecular weight excluding hydrogens is 214 g/mol. The van der Waals surface area contributed by atoms with Crippen LogP contribution in [0.2, 0.25) is 0 Å². The second kappa shape index (κ2) is 5.30. The lowest BCUT2D eigenvalue weighted by atomic mass is 10.2. The Hall–Kier alpha value is -2.10. The van der Waals surface area contributed by atoms with Gasteiger partial charge >= 0.3 is 0 Å². The molecule has 1 N–H and O–H groups in total. The maximum atomic E-state index is 11.7. The van der Waals surface area contributed by atoms with E-state index in [-0.39, 0.29) is 5.91 Å². The van der Waals surface area contributed by atoms with Crippen LogP contribution in [0.25, 0.3) is 0 Å². The maximum absolute atomic E-state index is 11.7. The highest BCUT2D eigenvalue weighted by Gasteiger charge is 2.04. The standard InChI is InChI=1S/C13H14N3O/c1-16-10-9-14-12(16)7-8-15-13(17)11-5-3-2-4-6-11/h2-3,5-6,9-10H,7-8H2,1H3,(H,15,17). The fourth-order valence-electron chi connectivity index (χ4n) is 1.56. The number of imidazole rings is 1. The van der Waals surface area contributed by atoms with Crippen LogP contribution in [0, 0.1) is 6.07 Å². The maximum Gasteiger partial charge on any atom is 0.251 e. The first-order chi connectivity index (χ1) is 8.27. The van der Waals surface area contributed by atoms with Crippen molar-refractivity contribution in [2.24, 2.45) is 7.05 Å². The molecule has 1 heterocycles. The SMILES string of the molecule is Cn1ccnc1CCNC(=O)c1c[c]ccc1. The lowest BCUT2D eigenvalue weighted by molar-refractivity contribution is 0.0954. The van der Waals surface area contributed by atoms with Crippen LogP contribution >= 0.6 is 0 Å². The molecule has 0 aliphatic rings. The molecule has 1 aromatic heterocycles. The monoisotopic (exact) mass is 228 g/mol. The highest BCUT2D eigenvalue weighted by atomic mass is 16.1. The zero-order valence-corrected chi connectivity index (χ0v) is 9.68. The molecule has 4 heteroatoms. The van der Waals surface area contributed by atoms with Gasteiger partial charge in [-0.1, -0.05) is 12.1 Å². The Morgan fingerprint density at radius 2 is 2.47 bits per heavy atom. The van der Waals surface area contributed by atoms with E-state index in [9.17, 15) is 4.79 Å². The molecule has 0 unspecified atom stereocenters. The minimum atomic E-state index is -0.0731. The highest BCUT2D eigenvalue weighted by Crippen LogP contribution is 1.98. The zero-order chi connectivity index (χ0) is 12.1. The number of rotatable bonds is 4. The Labute approximate surface area is 100 Å². The van der Waals surface area contributed by atoms with Crippen LogP contribution in [0.15, 0.2) is 36.7 Å². The highest BCUT2D eigenvalue weighted by molar-refractivity contribution is 5.94. The van der Waals surface area contributed by atoms with Crippen LogP contribution < -0.4 is 5.32 Å². The largest absolute Gasteiger partial charge is 0.352 e. The zero-order valence-electron chi connectivity index (χ0n) is 9.68. The van der Waals surface area contributed by atoms with Crippen molar-refractivity contribution in [1.29, 1.82) is 0 Å². The summed E-state index contributed by atoms with van der Waals surface area (Å²) in [6.07, 6.45) is 4.37. The van der Waals surface area contributed by atoms with E-state index in [2.05, 4.69) is 16.4 Å². The van der Waals surface area contributed by atoms with Crippen molar-refractivity contribution in [3.8, 4) is 0 Å². The predicted molar refractivity (Wildman–Crippen MR) is 64.5 cm³/mol. The molecule has 2 rings (SSSR count). The summed E-state index contributed by atoms with van der Waals surface area (Å²) in [7, 11) is 1.94. The average Bonchev–Trinajstić information content (AvgIpc) is 2.76. The number of nitrogens with one attached hydrogen (secondary N) is 1. The minimum Gasteiger partial charge on any atom is -0.352 e. The Kier molecular flexibility index (Phi) is 3.55. The van der Waals surface area contributed by atoms with Gasteiger partial charge in [-0.15, -0.1) is 0 Å². The minimum absolute atomic E-state index is 0.0731. The number of carbonyl (C=O) groups excluding carboxylic acids is 1. The van der Waals surface area contributed by atoms with Crippen molar-refractivity contribution < 1.29 is 4.79 Å². The summed E-state index contributed by atoms with van der Waals surface area (Å²) < 4.78 is 1.95. The first-order valence-corrected chi connectivity index (χ1v) is 5.48. The fraction of sp³-hybridized carbons (Fsp3) is 0.231. The van der Waals surface area contributed by atoms with Gasteiger partial charge in [0.1, 0.15) is 5.82 Å². The van der Waals surface area contributed by atoms with E-state index in [0.717, 1.165) is 12.2 Å². The number of amides is 1. The van der Waals surface area contributed by atoms with Gasteiger partial charge in [0.25, 0.3) is 5.91 Å². The predicted octanol–water partition coefficient (Wildman–Crippen LogP) is 1.19. The molecular formula is C13H14N3O. The van der Waals surface area contributed by atoms with Crippen LogP contribution in [-0.4, -0.2) is 22.0 Å². The Morgan fingerprint density at radius 3 is 3.12 bits per heavy atom. The van der Waals surface area contributed by atoms with E-state index in [0.29, 0.717) is 12.1 Å². The van der Waals surface area contributed by atoms with E-state index in [1.54, 1.807) is 30.5 Å². The number of hydrogen-bond acceptors (Lipinski definition) is 2. The second-order valence-corrected chi connectivity index (χ2v) is 3.75. The van der Waals surface area contributed by atoms with Gasteiger partial charge < -0.3 is 9.88 Å². The van der Waals surface area contributed by atoms with Gasteiger partial charge in [-0.3, -0.25) is 4.79 Å². The molecule has 1 aromatic carbocycles. The molecule has 87 valence electrons. The van der Waals surface area contributed by atoms with Gasteiger partial charge in [0.15, 0.2) is 0 Å². The molecule has 0 aliphatic heterocycles. The van der Waals surface area contributed by atoms with E-state index in [1.165, 1.54) is 0 Å². The van der Waals surface area contributed by atoms with Gasteiger partial charge in [0, 0.05) is 38.0 Å². The molecule has 0 saturated heterocycles. The average molecular weight is 228 g/mol. The van der Waals surface area contributed by atoms with E-state index >= 15 is 0 Å². The number of nitrogens with zero attached hydrogens (tertiary/aromatic N) is 2. The van der Waals surface area contributed by atoms with E-state index < -0.39 is 0 Å². The fourth-order valence-corrected chi connectivity index (χ4v) is 1.56. The third kappa shape index (κ3) is 2.93. The molecule has 1 radical (unpaired) electrons. The molecule has 17 heavy (non-hydrogen) atoms. The van der Waals surface area contributed by atoms with Crippen molar-refractivity contribution in [3.05, 3.63) is 54.1 Å². The van der Waals surface area contributed by atoms with Crippen molar-refractivity contribution in [3.63, 3.8) is 0 Å². The number of aromatic nitrogens is 2. The number of hydrogen-bond donors (Lipinski definition) is 1. The summed E-state index contributed by atoms with van der Waals surface area (Å²) in [6, 6.07) is 9.89. The molecule has 0 bridgehead atoms. The first-order valence-electron chi connectivity index (χ1n) is 5.48. The Balaban J connectivity index is 1.84. The molecule has 1 amide bonds. The van der Waals surface area contributed by atoms with Crippen molar-refractivity contribution >= 4 is 5.91 Å². The molecule has 0 fully saturated rings. The van der Waals surface area contributed by atoms with E-state index in [1.807, 2.05) is 17.8 Å². The molecule has 2 aromatic rings. The number of carbonyl (C=O) groups is 1. The lowest BCUT2D eigenvalue weighted by Crippen LogP contribution is -2.26. The van der Waals surface area contributed by atoms with Crippen LogP contribution in [0.1, 0.15) is 16.2 Å². The van der Waals surface area contributed by atoms with Crippen LogP contribution in [0.3, 0.4) is 0 Å². The molecule has 0 saturated carbocycles. The molecule has 0 aliphatic carbocycles. The van der Waals surface area contributed by atoms with Crippen LogP contribution in [0.5, 0.6) is 0 Å². The van der Waals surface area contributed by atoms with Gasteiger partial charge in [-0.25, -0.2) is 4.98 Å². The molecule has 4 nitrogen and oxygen atoms in total. The van der Waals surface area contributed by atoms with Crippen molar-refractivity contribution in [2.45, 2.75) is 6.42 Å². The third-order valence-electron chi connectivity index (χ3n) is 2.52. The quantitative estimate of drug-likeness (QED) is 0.854. The Bertz CT molecular complexity index is 490. The number of aryl methyl sites for hydroxylation is 1. The van der Waals surface area contributed by atoms with Crippen LogP contribution in [0.4, 0.5) is 0 Å². The van der Waals surface area contributed by atoms with Crippen molar-refractivity contribution in [2.75, 3.05) is 6.54 Å².